The Kier molecular flexibility index (Phi) is 13.1. The van der Waals surface area contributed by atoms with Gasteiger partial charge in [0.15, 0.2) is 0 Å². The SMILES string of the molecule is CCN(C)CC.CCN(C)CC. The monoisotopic (exact) mass is 174 g/mol. The van der Waals surface area contributed by atoms with Crippen molar-refractivity contribution in [3.8, 4) is 0 Å². The van der Waals surface area contributed by atoms with Gasteiger partial charge in [0.25, 0.3) is 0 Å². The summed E-state index contributed by atoms with van der Waals surface area (Å²) >= 11 is 0. The second kappa shape index (κ2) is 10.9. The van der Waals surface area contributed by atoms with Gasteiger partial charge in [-0.3, -0.25) is 0 Å². The van der Waals surface area contributed by atoms with Gasteiger partial charge in [0.1, 0.15) is 0 Å². The van der Waals surface area contributed by atoms with Gasteiger partial charge in [-0.25, -0.2) is 0 Å². The highest BCUT2D eigenvalue weighted by molar-refractivity contribution is 4.36. The van der Waals surface area contributed by atoms with E-state index < -0.39 is 0 Å². The predicted octanol–water partition coefficient (Wildman–Crippen LogP) is 1.92. The highest BCUT2D eigenvalue weighted by Crippen LogP contribution is 1.74. The number of nitrogens with zero attached hydrogens (tertiary/aromatic N) is 2. The molecule has 12 heavy (non-hydrogen) atoms. The number of hydrogen-bond donors (Lipinski definition) is 0. The summed E-state index contributed by atoms with van der Waals surface area (Å²) in [4.78, 5) is 4.50. The molecule has 0 amide bonds. The van der Waals surface area contributed by atoms with Crippen LogP contribution < -0.4 is 0 Å². The Balaban J connectivity index is 0. The van der Waals surface area contributed by atoms with Crippen LogP contribution in [0.2, 0.25) is 0 Å². The Labute approximate surface area is 78.5 Å². The quantitative estimate of drug-likeness (QED) is 0.642. The average Bonchev–Trinajstić information content (AvgIpc) is 2.16. The van der Waals surface area contributed by atoms with E-state index in [0.717, 1.165) is 26.2 Å². The lowest BCUT2D eigenvalue weighted by atomic mass is 10.6. The minimum absolute atomic E-state index is 1.16. The zero-order valence-electron chi connectivity index (χ0n) is 9.72. The van der Waals surface area contributed by atoms with Crippen molar-refractivity contribution >= 4 is 0 Å². The fourth-order valence-electron chi connectivity index (χ4n) is 0.447. The molecule has 2 nitrogen and oxygen atoms in total. The van der Waals surface area contributed by atoms with Crippen molar-refractivity contribution in [3.05, 3.63) is 0 Å². The molecule has 0 saturated carbocycles. The summed E-state index contributed by atoms with van der Waals surface area (Å²) in [6.07, 6.45) is 0. The first kappa shape index (κ1) is 14.4. The van der Waals surface area contributed by atoms with Crippen LogP contribution in [0.15, 0.2) is 0 Å². The van der Waals surface area contributed by atoms with Gasteiger partial charge in [-0.15, -0.1) is 0 Å². The van der Waals surface area contributed by atoms with Crippen LogP contribution in [0.5, 0.6) is 0 Å². The van der Waals surface area contributed by atoms with Crippen LogP contribution in [0, 0.1) is 0 Å². The highest BCUT2D eigenvalue weighted by atomic mass is 15.1. The average molecular weight is 174 g/mol. The minimum atomic E-state index is 1.16. The van der Waals surface area contributed by atoms with Gasteiger partial charge in [-0.05, 0) is 40.3 Å². The lowest BCUT2D eigenvalue weighted by Gasteiger charge is -2.07. The van der Waals surface area contributed by atoms with E-state index in [2.05, 4.69) is 51.6 Å². The van der Waals surface area contributed by atoms with Crippen molar-refractivity contribution in [2.45, 2.75) is 27.7 Å². The van der Waals surface area contributed by atoms with E-state index in [1.54, 1.807) is 0 Å². The molecule has 0 unspecified atom stereocenters. The van der Waals surface area contributed by atoms with Crippen molar-refractivity contribution in [1.29, 1.82) is 0 Å². The zero-order valence-corrected chi connectivity index (χ0v) is 9.72. The fourth-order valence-corrected chi connectivity index (χ4v) is 0.447. The standard InChI is InChI=1S/2C5H13N/c2*1-4-6(3)5-2/h2*4-5H2,1-3H3. The summed E-state index contributed by atoms with van der Waals surface area (Å²) in [6.45, 7) is 13.3. The molecule has 0 aromatic carbocycles. The van der Waals surface area contributed by atoms with E-state index in [-0.39, 0.29) is 0 Å². The third-order valence-electron chi connectivity index (χ3n) is 2.16. The van der Waals surface area contributed by atoms with Crippen LogP contribution in [0.4, 0.5) is 0 Å². The summed E-state index contributed by atoms with van der Waals surface area (Å²) in [6, 6.07) is 0. The Morgan fingerprint density at radius 1 is 0.583 bits per heavy atom. The van der Waals surface area contributed by atoms with Gasteiger partial charge >= 0.3 is 0 Å². The fraction of sp³-hybridized carbons (Fsp3) is 1.00. The van der Waals surface area contributed by atoms with Gasteiger partial charge in [-0.2, -0.15) is 0 Å². The van der Waals surface area contributed by atoms with Crippen molar-refractivity contribution in [2.75, 3.05) is 40.3 Å². The minimum Gasteiger partial charge on any atom is -0.307 e. The Hall–Kier alpha value is -0.0800. The second-order valence-electron chi connectivity index (χ2n) is 2.98. The summed E-state index contributed by atoms with van der Waals surface area (Å²) in [5, 5.41) is 0. The molecule has 0 aliphatic heterocycles. The van der Waals surface area contributed by atoms with E-state index in [4.69, 9.17) is 0 Å². The smallest absolute Gasteiger partial charge is 0.00504 e. The predicted molar refractivity (Wildman–Crippen MR) is 57.7 cm³/mol. The molecular formula is C10H26N2. The first-order valence-corrected chi connectivity index (χ1v) is 4.99. The summed E-state index contributed by atoms with van der Waals surface area (Å²) in [7, 11) is 4.22. The molecule has 0 heterocycles. The number of rotatable bonds is 4. The zero-order chi connectivity index (χ0) is 9.98. The van der Waals surface area contributed by atoms with E-state index in [9.17, 15) is 0 Å². The highest BCUT2D eigenvalue weighted by Gasteiger charge is 1.82. The Morgan fingerprint density at radius 2 is 0.750 bits per heavy atom. The van der Waals surface area contributed by atoms with Gasteiger partial charge in [-0.1, -0.05) is 27.7 Å². The molecule has 76 valence electrons. The topological polar surface area (TPSA) is 6.48 Å². The van der Waals surface area contributed by atoms with Crippen molar-refractivity contribution in [3.63, 3.8) is 0 Å². The molecule has 0 rings (SSSR count). The van der Waals surface area contributed by atoms with Crippen LogP contribution >= 0.6 is 0 Å². The first-order chi connectivity index (χ1) is 5.62. The number of hydrogen-bond acceptors (Lipinski definition) is 2. The molecule has 0 aliphatic rings. The summed E-state index contributed by atoms with van der Waals surface area (Å²) < 4.78 is 0. The van der Waals surface area contributed by atoms with E-state index in [1.165, 1.54) is 0 Å². The molecule has 0 radical (unpaired) electrons. The molecule has 0 saturated heterocycles. The molecule has 0 spiro atoms. The Morgan fingerprint density at radius 3 is 0.750 bits per heavy atom. The largest absolute Gasteiger partial charge is 0.307 e. The molecule has 0 bridgehead atoms. The van der Waals surface area contributed by atoms with E-state index in [0.29, 0.717) is 0 Å². The summed E-state index contributed by atoms with van der Waals surface area (Å²) in [5.41, 5.74) is 0. The molecule has 0 N–H and O–H groups in total. The maximum Gasteiger partial charge on any atom is -0.00504 e. The third kappa shape index (κ3) is 12.6. The lowest BCUT2D eigenvalue weighted by Crippen LogP contribution is -2.15. The van der Waals surface area contributed by atoms with Gasteiger partial charge in [0.2, 0.25) is 0 Å². The molecule has 0 aromatic heterocycles. The van der Waals surface area contributed by atoms with Crippen LogP contribution in [0.1, 0.15) is 27.7 Å². The molecule has 0 atom stereocenters. The van der Waals surface area contributed by atoms with Gasteiger partial charge in [0.05, 0.1) is 0 Å². The van der Waals surface area contributed by atoms with Crippen LogP contribution in [0.25, 0.3) is 0 Å². The molecule has 0 aromatic rings. The molecule has 0 aliphatic carbocycles. The van der Waals surface area contributed by atoms with Crippen molar-refractivity contribution in [2.24, 2.45) is 0 Å². The third-order valence-corrected chi connectivity index (χ3v) is 2.16. The molecule has 2 heteroatoms. The van der Waals surface area contributed by atoms with Gasteiger partial charge in [0, 0.05) is 0 Å². The molecule has 0 fully saturated rings. The van der Waals surface area contributed by atoms with Crippen LogP contribution in [-0.4, -0.2) is 50.1 Å². The second-order valence-corrected chi connectivity index (χ2v) is 2.98. The maximum atomic E-state index is 2.25. The van der Waals surface area contributed by atoms with E-state index in [1.807, 2.05) is 0 Å². The normalized spacial score (nSPS) is 10.0. The van der Waals surface area contributed by atoms with Crippen molar-refractivity contribution in [1.82, 2.24) is 9.80 Å². The lowest BCUT2D eigenvalue weighted by molar-refractivity contribution is 0.373. The summed E-state index contributed by atoms with van der Waals surface area (Å²) in [5.74, 6) is 0. The maximum absolute atomic E-state index is 2.25. The van der Waals surface area contributed by atoms with Gasteiger partial charge < -0.3 is 9.80 Å². The molecular weight excluding hydrogens is 148 g/mol. The van der Waals surface area contributed by atoms with Crippen LogP contribution in [-0.2, 0) is 0 Å². The Bertz CT molecular complexity index is 56.2. The van der Waals surface area contributed by atoms with E-state index >= 15 is 0 Å². The van der Waals surface area contributed by atoms with Crippen LogP contribution in [0.3, 0.4) is 0 Å². The first-order valence-electron chi connectivity index (χ1n) is 4.99. The van der Waals surface area contributed by atoms with Crippen molar-refractivity contribution < 1.29 is 0 Å².